The van der Waals surface area contributed by atoms with Gasteiger partial charge in [0.15, 0.2) is 5.76 Å². The Balaban J connectivity index is 0.00000162. The minimum absolute atomic E-state index is 0. The molecule has 0 aliphatic carbocycles. The van der Waals surface area contributed by atoms with Gasteiger partial charge in [0.1, 0.15) is 5.76 Å². The van der Waals surface area contributed by atoms with Crippen LogP contribution in [0.5, 0.6) is 0 Å². The number of piperazine rings is 1. The largest absolute Gasteiger partial charge is 0.456 e. The van der Waals surface area contributed by atoms with Crippen molar-refractivity contribution < 1.29 is 9.21 Å². The van der Waals surface area contributed by atoms with E-state index in [4.69, 9.17) is 4.42 Å². The highest BCUT2D eigenvalue weighted by molar-refractivity contribution is 5.92. The summed E-state index contributed by atoms with van der Waals surface area (Å²) in [7, 11) is 0. The van der Waals surface area contributed by atoms with Crippen LogP contribution in [0.4, 0.5) is 0 Å². The van der Waals surface area contributed by atoms with Gasteiger partial charge in [-0.1, -0.05) is 6.92 Å². The molecule has 1 aliphatic rings. The molecule has 1 aliphatic heterocycles. The molecule has 1 saturated heterocycles. The molecule has 0 bridgehead atoms. The average molecular weight is 273 g/mol. The third-order valence-electron chi connectivity index (χ3n) is 3.31. The van der Waals surface area contributed by atoms with Gasteiger partial charge in [-0.25, -0.2) is 0 Å². The fourth-order valence-corrected chi connectivity index (χ4v) is 2.26. The lowest BCUT2D eigenvalue weighted by molar-refractivity contribution is 0.0621. The number of carbonyl (C=O) groups is 1. The zero-order chi connectivity index (χ0) is 12.4. The third kappa shape index (κ3) is 2.87. The maximum atomic E-state index is 12.3. The molecule has 0 saturated carbocycles. The van der Waals surface area contributed by atoms with Crippen LogP contribution in [0.1, 0.15) is 35.7 Å². The standard InChI is InChI=1S/C13H20N2O2.ClH/c1-4-11-9(2)7-12(17-11)13(16)15-6-5-14-8-10(15)3;/h7,10,14H,4-6,8H2,1-3H3;1H/t10-;/m1./s1. The van der Waals surface area contributed by atoms with E-state index in [1.807, 2.05) is 24.8 Å². The molecule has 1 aromatic rings. The molecule has 1 fully saturated rings. The zero-order valence-electron chi connectivity index (χ0n) is 11.2. The van der Waals surface area contributed by atoms with Crippen LogP contribution in [-0.4, -0.2) is 36.5 Å². The van der Waals surface area contributed by atoms with E-state index in [1.165, 1.54) is 0 Å². The number of halogens is 1. The smallest absolute Gasteiger partial charge is 0.289 e. The first-order valence-electron chi connectivity index (χ1n) is 6.24. The first kappa shape index (κ1) is 15.1. The zero-order valence-corrected chi connectivity index (χ0v) is 12.0. The highest BCUT2D eigenvalue weighted by Crippen LogP contribution is 2.18. The van der Waals surface area contributed by atoms with Crippen molar-refractivity contribution in [2.45, 2.75) is 33.2 Å². The molecule has 0 spiro atoms. The van der Waals surface area contributed by atoms with E-state index in [-0.39, 0.29) is 24.4 Å². The Morgan fingerprint density at radius 2 is 2.33 bits per heavy atom. The van der Waals surface area contributed by atoms with Crippen LogP contribution in [0.2, 0.25) is 0 Å². The fraction of sp³-hybridized carbons (Fsp3) is 0.615. The number of nitrogens with zero attached hydrogens (tertiary/aromatic N) is 1. The van der Waals surface area contributed by atoms with Gasteiger partial charge in [0.2, 0.25) is 0 Å². The van der Waals surface area contributed by atoms with Crippen molar-refractivity contribution in [1.82, 2.24) is 10.2 Å². The van der Waals surface area contributed by atoms with E-state index in [2.05, 4.69) is 12.2 Å². The summed E-state index contributed by atoms with van der Waals surface area (Å²) in [5, 5.41) is 3.27. The van der Waals surface area contributed by atoms with Crippen LogP contribution >= 0.6 is 12.4 Å². The van der Waals surface area contributed by atoms with Gasteiger partial charge >= 0.3 is 0 Å². The Kier molecular flexibility index (Phi) is 5.23. The van der Waals surface area contributed by atoms with Crippen molar-refractivity contribution in [2.24, 2.45) is 0 Å². The van der Waals surface area contributed by atoms with E-state index in [0.717, 1.165) is 37.4 Å². The second-order valence-corrected chi connectivity index (χ2v) is 4.62. The number of rotatable bonds is 2. The number of amides is 1. The van der Waals surface area contributed by atoms with Gasteiger partial charge in [-0.15, -0.1) is 12.4 Å². The lowest BCUT2D eigenvalue weighted by atomic mass is 10.2. The Morgan fingerprint density at radius 1 is 1.61 bits per heavy atom. The van der Waals surface area contributed by atoms with Gasteiger partial charge < -0.3 is 14.6 Å². The van der Waals surface area contributed by atoms with Gasteiger partial charge in [-0.2, -0.15) is 0 Å². The maximum Gasteiger partial charge on any atom is 0.289 e. The molecule has 0 aromatic carbocycles. The van der Waals surface area contributed by atoms with Gasteiger partial charge in [0.05, 0.1) is 0 Å². The normalized spacial score (nSPS) is 19.5. The molecule has 1 aromatic heterocycles. The second kappa shape index (κ2) is 6.25. The molecule has 1 N–H and O–H groups in total. The molecule has 1 atom stereocenters. The maximum absolute atomic E-state index is 12.3. The lowest BCUT2D eigenvalue weighted by Crippen LogP contribution is -2.52. The summed E-state index contributed by atoms with van der Waals surface area (Å²) in [6, 6.07) is 2.09. The van der Waals surface area contributed by atoms with Crippen LogP contribution < -0.4 is 5.32 Å². The topological polar surface area (TPSA) is 45.5 Å². The summed E-state index contributed by atoms with van der Waals surface area (Å²) in [5.74, 6) is 1.41. The molecule has 102 valence electrons. The number of aryl methyl sites for hydroxylation is 2. The number of hydrogen-bond donors (Lipinski definition) is 1. The van der Waals surface area contributed by atoms with Crippen molar-refractivity contribution in [3.8, 4) is 0 Å². The molecule has 4 nitrogen and oxygen atoms in total. The van der Waals surface area contributed by atoms with Crippen LogP contribution in [0, 0.1) is 6.92 Å². The Morgan fingerprint density at radius 3 is 2.89 bits per heavy atom. The molecule has 2 rings (SSSR count). The van der Waals surface area contributed by atoms with Crippen molar-refractivity contribution in [1.29, 1.82) is 0 Å². The summed E-state index contributed by atoms with van der Waals surface area (Å²) in [6.07, 6.45) is 0.830. The SMILES string of the molecule is CCc1oc(C(=O)N2CCNC[C@H]2C)cc1C.Cl. The first-order chi connectivity index (χ1) is 8.13. The molecule has 5 heteroatoms. The lowest BCUT2D eigenvalue weighted by Gasteiger charge is -2.33. The van der Waals surface area contributed by atoms with Gasteiger partial charge in [0.25, 0.3) is 5.91 Å². The van der Waals surface area contributed by atoms with E-state index in [0.29, 0.717) is 5.76 Å². The molecule has 18 heavy (non-hydrogen) atoms. The fourth-order valence-electron chi connectivity index (χ4n) is 2.26. The monoisotopic (exact) mass is 272 g/mol. The molecular weight excluding hydrogens is 252 g/mol. The quantitative estimate of drug-likeness (QED) is 0.896. The first-order valence-corrected chi connectivity index (χ1v) is 6.24. The Bertz CT molecular complexity index is 417. The van der Waals surface area contributed by atoms with E-state index in [9.17, 15) is 4.79 Å². The molecule has 1 amide bonds. The Labute approximate surface area is 114 Å². The minimum atomic E-state index is 0. The summed E-state index contributed by atoms with van der Waals surface area (Å²) < 4.78 is 5.62. The van der Waals surface area contributed by atoms with E-state index in [1.54, 1.807) is 0 Å². The van der Waals surface area contributed by atoms with Crippen LogP contribution in [-0.2, 0) is 6.42 Å². The van der Waals surface area contributed by atoms with E-state index < -0.39 is 0 Å². The number of carbonyl (C=O) groups excluding carboxylic acids is 1. The van der Waals surface area contributed by atoms with Crippen molar-refractivity contribution in [3.63, 3.8) is 0 Å². The number of hydrogen-bond acceptors (Lipinski definition) is 3. The van der Waals surface area contributed by atoms with Gasteiger partial charge in [0, 0.05) is 32.1 Å². The molecule has 0 radical (unpaired) electrons. The summed E-state index contributed by atoms with van der Waals surface area (Å²) in [4.78, 5) is 14.2. The predicted octanol–water partition coefficient (Wildman–Crippen LogP) is 2.01. The second-order valence-electron chi connectivity index (χ2n) is 4.62. The molecule has 0 unspecified atom stereocenters. The van der Waals surface area contributed by atoms with Crippen molar-refractivity contribution >= 4 is 18.3 Å². The highest BCUT2D eigenvalue weighted by Gasteiger charge is 2.26. The van der Waals surface area contributed by atoms with Gasteiger partial charge in [-0.05, 0) is 25.5 Å². The van der Waals surface area contributed by atoms with Crippen LogP contribution in [0.15, 0.2) is 10.5 Å². The minimum Gasteiger partial charge on any atom is -0.456 e. The molecule has 2 heterocycles. The Hall–Kier alpha value is -1.00. The predicted molar refractivity (Wildman–Crippen MR) is 73.4 cm³/mol. The summed E-state index contributed by atoms with van der Waals surface area (Å²) in [6.45, 7) is 8.54. The molecular formula is C13H21ClN2O2. The average Bonchev–Trinajstić information content (AvgIpc) is 2.70. The number of furan rings is 1. The van der Waals surface area contributed by atoms with Crippen molar-refractivity contribution in [3.05, 3.63) is 23.2 Å². The van der Waals surface area contributed by atoms with Crippen molar-refractivity contribution in [2.75, 3.05) is 19.6 Å². The van der Waals surface area contributed by atoms with Gasteiger partial charge in [-0.3, -0.25) is 4.79 Å². The van der Waals surface area contributed by atoms with E-state index >= 15 is 0 Å². The number of nitrogens with one attached hydrogen (secondary N) is 1. The summed E-state index contributed by atoms with van der Waals surface area (Å²) in [5.41, 5.74) is 1.07. The summed E-state index contributed by atoms with van der Waals surface area (Å²) >= 11 is 0. The highest BCUT2D eigenvalue weighted by atomic mass is 35.5. The third-order valence-corrected chi connectivity index (χ3v) is 3.31. The van der Waals surface area contributed by atoms with Crippen LogP contribution in [0.25, 0.3) is 0 Å². The van der Waals surface area contributed by atoms with Crippen LogP contribution in [0.3, 0.4) is 0 Å².